The van der Waals surface area contributed by atoms with Gasteiger partial charge in [0.25, 0.3) is 5.91 Å². The number of amides is 1. The van der Waals surface area contributed by atoms with Crippen molar-refractivity contribution in [2.45, 2.75) is 18.1 Å². The molecule has 0 aliphatic rings. The van der Waals surface area contributed by atoms with Crippen LogP contribution in [-0.4, -0.2) is 33.7 Å². The number of ether oxygens (including phenoxy) is 1. The van der Waals surface area contributed by atoms with Crippen molar-refractivity contribution >= 4 is 50.9 Å². The van der Waals surface area contributed by atoms with Gasteiger partial charge in [-0.15, -0.1) is 11.3 Å². The Balaban J connectivity index is 1.51. The number of anilines is 1. The van der Waals surface area contributed by atoms with E-state index in [2.05, 4.69) is 15.3 Å². The first-order valence-corrected chi connectivity index (χ1v) is 9.75. The molecule has 0 spiro atoms. The van der Waals surface area contributed by atoms with Crippen molar-refractivity contribution in [3.63, 3.8) is 0 Å². The number of rotatable bonds is 6. The summed E-state index contributed by atoms with van der Waals surface area (Å²) in [6.07, 6.45) is 0.514. The number of hydrogen-bond acceptors (Lipinski definition) is 8. The average molecular weight is 398 g/mol. The number of thiophene rings is 1. The number of carbonyl (C=O) groups is 2. The Hall–Kier alpha value is -2.96. The molecule has 0 radical (unpaired) electrons. The van der Waals surface area contributed by atoms with E-state index in [1.54, 1.807) is 24.3 Å². The van der Waals surface area contributed by atoms with Gasteiger partial charge in [-0.05, 0) is 42.6 Å². The van der Waals surface area contributed by atoms with Crippen molar-refractivity contribution in [3.8, 4) is 6.07 Å². The van der Waals surface area contributed by atoms with Crippen molar-refractivity contribution in [1.82, 2.24) is 9.97 Å². The second-order valence-corrected chi connectivity index (χ2v) is 7.28. The second-order valence-electron chi connectivity index (χ2n) is 5.42. The Labute approximate surface area is 163 Å². The van der Waals surface area contributed by atoms with E-state index in [1.165, 1.54) is 36.3 Å². The summed E-state index contributed by atoms with van der Waals surface area (Å²) in [5.74, 6) is -0.916. The lowest BCUT2D eigenvalue weighted by molar-refractivity contribution is -0.150. The summed E-state index contributed by atoms with van der Waals surface area (Å²) in [5.41, 5.74) is 1.02. The van der Waals surface area contributed by atoms with E-state index >= 15 is 0 Å². The molecule has 1 atom stereocenters. The first-order chi connectivity index (χ1) is 13.1. The van der Waals surface area contributed by atoms with Gasteiger partial charge in [0, 0.05) is 11.1 Å². The maximum Gasteiger partial charge on any atom is 0.317 e. The molecular formula is C18H14N4O3S2. The maximum absolute atomic E-state index is 12.1. The molecule has 3 aromatic rings. The Morgan fingerprint density at radius 1 is 1.30 bits per heavy atom. The lowest BCUT2D eigenvalue weighted by Gasteiger charge is -2.13. The number of carbonyl (C=O) groups excluding carboxylic acids is 2. The fourth-order valence-electron chi connectivity index (χ4n) is 2.17. The standard InChI is InChI=1S/C18H14N4O3S2/c1-11(16(24)22-13-4-2-12(8-19)3-5-13)25-15(23)9-27-18-14-6-7-26-17(14)20-10-21-18/h2-7,10-11H,9H2,1H3,(H,22,24)/t11-/m1/s1. The van der Waals surface area contributed by atoms with Gasteiger partial charge in [0.05, 0.1) is 17.4 Å². The SMILES string of the molecule is C[C@@H](OC(=O)CSc1ncnc2sccc12)C(=O)Nc1ccc(C#N)cc1. The molecule has 9 heteroatoms. The van der Waals surface area contributed by atoms with Crippen LogP contribution >= 0.6 is 23.1 Å². The minimum absolute atomic E-state index is 0.0381. The third-order valence-corrected chi connectivity index (χ3v) is 5.31. The summed E-state index contributed by atoms with van der Waals surface area (Å²) in [7, 11) is 0. The Morgan fingerprint density at radius 3 is 2.81 bits per heavy atom. The molecule has 2 heterocycles. The van der Waals surface area contributed by atoms with Crippen LogP contribution in [0.5, 0.6) is 0 Å². The van der Waals surface area contributed by atoms with Gasteiger partial charge in [-0.1, -0.05) is 11.8 Å². The molecule has 136 valence electrons. The predicted molar refractivity (Wildman–Crippen MR) is 103 cm³/mol. The number of benzene rings is 1. The Bertz CT molecular complexity index is 1010. The Kier molecular flexibility index (Phi) is 6.01. The summed E-state index contributed by atoms with van der Waals surface area (Å²) in [6.45, 7) is 1.50. The highest BCUT2D eigenvalue weighted by Gasteiger charge is 2.18. The molecule has 7 nitrogen and oxygen atoms in total. The summed E-state index contributed by atoms with van der Waals surface area (Å²) in [4.78, 5) is 33.4. The van der Waals surface area contributed by atoms with Gasteiger partial charge in [0.15, 0.2) is 6.10 Å². The van der Waals surface area contributed by atoms with Crippen molar-refractivity contribution in [2.75, 3.05) is 11.1 Å². The number of thioether (sulfide) groups is 1. The highest BCUT2D eigenvalue weighted by Crippen LogP contribution is 2.27. The van der Waals surface area contributed by atoms with E-state index in [0.717, 1.165) is 10.2 Å². The molecule has 0 fully saturated rings. The minimum atomic E-state index is -0.944. The van der Waals surface area contributed by atoms with E-state index in [9.17, 15) is 9.59 Å². The molecule has 1 N–H and O–H groups in total. The molecule has 3 rings (SSSR count). The molecule has 27 heavy (non-hydrogen) atoms. The largest absolute Gasteiger partial charge is 0.452 e. The number of nitrogens with zero attached hydrogens (tertiary/aromatic N) is 3. The van der Waals surface area contributed by atoms with Gasteiger partial charge in [0.1, 0.15) is 16.2 Å². The molecule has 1 amide bonds. The smallest absolute Gasteiger partial charge is 0.317 e. The van der Waals surface area contributed by atoms with Crippen LogP contribution < -0.4 is 5.32 Å². The number of nitriles is 1. The average Bonchev–Trinajstić information content (AvgIpc) is 3.16. The van der Waals surface area contributed by atoms with Crippen LogP contribution in [-0.2, 0) is 14.3 Å². The predicted octanol–water partition coefficient (Wildman–Crippen LogP) is 3.23. The van der Waals surface area contributed by atoms with Gasteiger partial charge in [-0.2, -0.15) is 5.26 Å². The van der Waals surface area contributed by atoms with Crippen LogP contribution in [0.15, 0.2) is 47.1 Å². The van der Waals surface area contributed by atoms with Crippen LogP contribution in [0.3, 0.4) is 0 Å². The number of hydrogen-bond donors (Lipinski definition) is 1. The molecule has 0 aliphatic carbocycles. The van der Waals surface area contributed by atoms with Crippen LogP contribution in [0.1, 0.15) is 12.5 Å². The van der Waals surface area contributed by atoms with Crippen LogP contribution in [0.2, 0.25) is 0 Å². The highest BCUT2D eigenvalue weighted by atomic mass is 32.2. The van der Waals surface area contributed by atoms with Gasteiger partial charge < -0.3 is 10.1 Å². The van der Waals surface area contributed by atoms with Crippen molar-refractivity contribution in [1.29, 1.82) is 5.26 Å². The van der Waals surface area contributed by atoms with E-state index < -0.39 is 18.0 Å². The molecule has 1 aromatic carbocycles. The zero-order chi connectivity index (χ0) is 19.2. The van der Waals surface area contributed by atoms with E-state index in [-0.39, 0.29) is 5.75 Å². The normalized spacial score (nSPS) is 11.6. The molecule has 2 aromatic heterocycles. The fraction of sp³-hybridized carbons (Fsp3) is 0.167. The van der Waals surface area contributed by atoms with Crippen molar-refractivity contribution < 1.29 is 14.3 Å². The molecule has 0 bridgehead atoms. The van der Waals surface area contributed by atoms with Crippen LogP contribution in [0.4, 0.5) is 5.69 Å². The Morgan fingerprint density at radius 2 is 2.07 bits per heavy atom. The molecular weight excluding hydrogens is 384 g/mol. The summed E-state index contributed by atoms with van der Waals surface area (Å²) < 4.78 is 5.18. The number of nitrogens with one attached hydrogen (secondary N) is 1. The fourth-order valence-corrected chi connectivity index (χ4v) is 3.73. The van der Waals surface area contributed by atoms with Crippen LogP contribution in [0, 0.1) is 11.3 Å². The third kappa shape index (κ3) is 4.81. The molecule has 0 saturated heterocycles. The molecule has 0 unspecified atom stereocenters. The maximum atomic E-state index is 12.1. The number of aromatic nitrogens is 2. The first-order valence-electron chi connectivity index (χ1n) is 7.88. The topological polar surface area (TPSA) is 105 Å². The highest BCUT2D eigenvalue weighted by molar-refractivity contribution is 8.00. The summed E-state index contributed by atoms with van der Waals surface area (Å²) in [6, 6.07) is 10.3. The van der Waals surface area contributed by atoms with Gasteiger partial charge in [-0.3, -0.25) is 9.59 Å². The third-order valence-electron chi connectivity index (χ3n) is 3.51. The number of fused-ring (bicyclic) bond motifs is 1. The lowest BCUT2D eigenvalue weighted by atomic mass is 10.2. The minimum Gasteiger partial charge on any atom is -0.452 e. The quantitative estimate of drug-likeness (QED) is 0.386. The van der Waals surface area contributed by atoms with Crippen molar-refractivity contribution in [3.05, 3.63) is 47.6 Å². The monoisotopic (exact) mass is 398 g/mol. The second kappa shape index (κ2) is 8.62. The van der Waals surface area contributed by atoms with Gasteiger partial charge >= 0.3 is 5.97 Å². The lowest BCUT2D eigenvalue weighted by Crippen LogP contribution is -2.30. The number of esters is 1. The van der Waals surface area contributed by atoms with Crippen LogP contribution in [0.25, 0.3) is 10.2 Å². The zero-order valence-corrected chi connectivity index (χ0v) is 15.8. The van der Waals surface area contributed by atoms with E-state index in [4.69, 9.17) is 10.00 Å². The molecule has 0 aliphatic heterocycles. The van der Waals surface area contributed by atoms with Gasteiger partial charge in [-0.25, -0.2) is 9.97 Å². The van der Waals surface area contributed by atoms with E-state index in [1.807, 2.05) is 17.5 Å². The van der Waals surface area contributed by atoms with Gasteiger partial charge in [0.2, 0.25) is 0 Å². The summed E-state index contributed by atoms with van der Waals surface area (Å²) in [5, 5.41) is 14.9. The first kappa shape index (κ1) is 18.8. The van der Waals surface area contributed by atoms with Crippen molar-refractivity contribution in [2.24, 2.45) is 0 Å². The zero-order valence-electron chi connectivity index (χ0n) is 14.2. The summed E-state index contributed by atoms with van der Waals surface area (Å²) >= 11 is 2.75. The molecule has 0 saturated carbocycles. The van der Waals surface area contributed by atoms with E-state index in [0.29, 0.717) is 16.3 Å².